The van der Waals surface area contributed by atoms with Gasteiger partial charge in [0, 0.05) is 81.5 Å². The van der Waals surface area contributed by atoms with Crippen molar-refractivity contribution in [3.8, 4) is 22.5 Å². The fraction of sp³-hybridized carbons (Fsp3) is 0.244. The number of benzene rings is 5. The Kier molecular flexibility index (Phi) is 13.1. The quantitative estimate of drug-likeness (QED) is 0.0334. The zero-order valence-corrected chi connectivity index (χ0v) is 31.5. The van der Waals surface area contributed by atoms with Crippen LogP contribution >= 0.6 is 23.5 Å². The van der Waals surface area contributed by atoms with Gasteiger partial charge in [0.2, 0.25) is 5.36 Å². The molecule has 270 valence electrons. The number of anilines is 1. The Morgan fingerprint density at radius 3 is 2.04 bits per heavy atom. The van der Waals surface area contributed by atoms with Gasteiger partial charge in [0.1, 0.15) is 28.0 Å². The Bertz CT molecular complexity index is 2230. The molecule has 0 aromatic heterocycles. The van der Waals surface area contributed by atoms with Crippen molar-refractivity contribution in [1.29, 1.82) is 0 Å². The molecule has 6 rings (SSSR count). The summed E-state index contributed by atoms with van der Waals surface area (Å²) >= 11 is 3.66. The van der Waals surface area contributed by atoms with Crippen LogP contribution in [0.3, 0.4) is 0 Å². The molecule has 0 bridgehead atoms. The van der Waals surface area contributed by atoms with Gasteiger partial charge in [-0.3, -0.25) is 0 Å². The summed E-state index contributed by atoms with van der Waals surface area (Å²) in [6.45, 7) is 3.92. The molecule has 11 heteroatoms. The normalized spacial score (nSPS) is 12.4. The van der Waals surface area contributed by atoms with E-state index in [4.69, 9.17) is 15.9 Å². The van der Waals surface area contributed by atoms with E-state index in [2.05, 4.69) is 58.0 Å². The Labute approximate surface area is 314 Å². The van der Waals surface area contributed by atoms with Gasteiger partial charge >= 0.3 is 0 Å². The topological polar surface area (TPSA) is 129 Å². The molecule has 4 aromatic rings. The number of fused-ring (bicyclic) bond motifs is 2. The first kappa shape index (κ1) is 37.7. The Hall–Kier alpha value is -4.10. The maximum absolute atomic E-state index is 12.5. The second kappa shape index (κ2) is 18.1. The van der Waals surface area contributed by atoms with Crippen LogP contribution in [0.1, 0.15) is 12.8 Å². The fourth-order valence-electron chi connectivity index (χ4n) is 6.42. The maximum Gasteiger partial charge on any atom is 0.203 e. The zero-order chi connectivity index (χ0) is 36.3. The van der Waals surface area contributed by atoms with Crippen LogP contribution in [-0.4, -0.2) is 63.7 Å². The van der Waals surface area contributed by atoms with E-state index in [1.807, 2.05) is 72.1 Å². The molecule has 0 unspecified atom stereocenters. The largest absolute Gasteiger partial charge is 0.744 e. The van der Waals surface area contributed by atoms with Crippen LogP contribution in [0.15, 0.2) is 140 Å². The molecule has 0 saturated heterocycles. The monoisotopic (exact) mass is 752 g/mol. The summed E-state index contributed by atoms with van der Waals surface area (Å²) in [5.74, 6) is 2.51. The van der Waals surface area contributed by atoms with E-state index >= 15 is 0 Å². The minimum Gasteiger partial charge on any atom is -0.744 e. The lowest BCUT2D eigenvalue weighted by molar-refractivity contribution is 0.463. The van der Waals surface area contributed by atoms with Gasteiger partial charge in [0.15, 0.2) is 6.54 Å². The first-order valence-electron chi connectivity index (χ1n) is 17.5. The van der Waals surface area contributed by atoms with Gasteiger partial charge < -0.3 is 25.3 Å². The molecule has 0 atom stereocenters. The van der Waals surface area contributed by atoms with Gasteiger partial charge in [-0.1, -0.05) is 54.6 Å². The average molecular weight is 753 g/mol. The highest BCUT2D eigenvalue weighted by atomic mass is 32.2. The third-order valence-corrected chi connectivity index (χ3v) is 11.9. The molecule has 1 aliphatic carbocycles. The number of nitrogens with two attached hydrogens (primary N) is 2. The number of thioether (sulfide) groups is 2. The standard InChI is InChI=1S/C41H44N4O4S3/c42-21-25-44(23-9-27-50-33-11-3-1-4-12-33)31-17-19-35-38(29-31)49-39-30-32(45(26-22-43)24-10-28-51-34-13-5-2-6-14-34)18-20-36(39)41(35)37-15-7-8-16-40(37)52(46,47)48/h1-8,11-20,29-30H,9-10,21-28,42-43H2. The molecule has 0 fully saturated rings. The highest BCUT2D eigenvalue weighted by Gasteiger charge is 2.23. The molecule has 8 nitrogen and oxygen atoms in total. The number of hydrogen-bond donors (Lipinski definition) is 2. The fourth-order valence-corrected chi connectivity index (χ4v) is 8.82. The second-order valence-electron chi connectivity index (χ2n) is 12.4. The minimum atomic E-state index is -4.77. The molecular formula is C41H44N4O4S3. The molecule has 2 aliphatic rings. The van der Waals surface area contributed by atoms with E-state index in [1.54, 1.807) is 18.2 Å². The third kappa shape index (κ3) is 9.46. The molecular weight excluding hydrogens is 709 g/mol. The van der Waals surface area contributed by atoms with E-state index in [1.165, 1.54) is 15.9 Å². The highest BCUT2D eigenvalue weighted by Crippen LogP contribution is 2.43. The molecule has 4 aromatic carbocycles. The average Bonchev–Trinajstić information content (AvgIpc) is 3.16. The van der Waals surface area contributed by atoms with Crippen molar-refractivity contribution >= 4 is 50.3 Å². The summed E-state index contributed by atoms with van der Waals surface area (Å²) in [7, 11) is -4.77. The lowest BCUT2D eigenvalue weighted by atomic mass is 9.93. The summed E-state index contributed by atoms with van der Waals surface area (Å²) in [4.78, 5) is 4.48. The van der Waals surface area contributed by atoms with Crippen LogP contribution in [0, 0.1) is 0 Å². The van der Waals surface area contributed by atoms with Gasteiger partial charge in [-0.05, 0) is 60.7 Å². The molecule has 0 saturated carbocycles. The van der Waals surface area contributed by atoms with Crippen molar-refractivity contribution in [3.63, 3.8) is 0 Å². The van der Waals surface area contributed by atoms with E-state index in [0.717, 1.165) is 48.5 Å². The SMILES string of the molecule is NCCN(CCCSc1ccccc1)c1ccc2c(-c3ccccc3S(=O)(=O)[O-])c3ccc(=[N+](CCN)CCCSc4ccccc4)cc-3oc2c1. The van der Waals surface area contributed by atoms with Gasteiger partial charge in [-0.2, -0.15) is 0 Å². The minimum absolute atomic E-state index is 0.265. The Morgan fingerprint density at radius 2 is 1.37 bits per heavy atom. The molecule has 1 aliphatic heterocycles. The van der Waals surface area contributed by atoms with Gasteiger partial charge in [0.05, 0.1) is 17.5 Å². The summed E-state index contributed by atoms with van der Waals surface area (Å²) in [5, 5.41) is 1.67. The van der Waals surface area contributed by atoms with E-state index in [-0.39, 0.29) is 4.90 Å². The molecule has 0 radical (unpaired) electrons. The summed E-state index contributed by atoms with van der Waals surface area (Å²) < 4.78 is 46.6. The molecule has 1 heterocycles. The Morgan fingerprint density at radius 1 is 0.692 bits per heavy atom. The van der Waals surface area contributed by atoms with Crippen molar-refractivity contribution in [2.24, 2.45) is 11.5 Å². The first-order chi connectivity index (χ1) is 25.4. The van der Waals surface area contributed by atoms with E-state index < -0.39 is 10.1 Å². The van der Waals surface area contributed by atoms with Crippen LogP contribution in [-0.2, 0) is 10.1 Å². The van der Waals surface area contributed by atoms with Gasteiger partial charge in [0.25, 0.3) is 0 Å². The number of hydrogen-bond acceptors (Lipinski definition) is 9. The number of nitrogens with zero attached hydrogens (tertiary/aromatic N) is 2. The van der Waals surface area contributed by atoms with E-state index in [0.29, 0.717) is 59.6 Å². The molecule has 0 amide bonds. The molecule has 52 heavy (non-hydrogen) atoms. The zero-order valence-electron chi connectivity index (χ0n) is 29.0. The second-order valence-corrected chi connectivity index (χ2v) is 16.1. The predicted octanol–water partition coefficient (Wildman–Crippen LogP) is 6.97. The lowest BCUT2D eigenvalue weighted by Gasteiger charge is -2.25. The van der Waals surface area contributed by atoms with Gasteiger partial charge in [-0.15, -0.1) is 23.5 Å². The number of rotatable bonds is 17. The third-order valence-electron chi connectivity index (χ3n) is 8.81. The van der Waals surface area contributed by atoms with Crippen molar-refractivity contribution < 1.29 is 17.4 Å². The first-order valence-corrected chi connectivity index (χ1v) is 20.9. The van der Waals surface area contributed by atoms with Crippen molar-refractivity contribution in [2.75, 3.05) is 55.7 Å². The van der Waals surface area contributed by atoms with Crippen LogP contribution < -0.4 is 26.3 Å². The van der Waals surface area contributed by atoms with Crippen molar-refractivity contribution in [1.82, 2.24) is 4.58 Å². The molecule has 0 spiro atoms. The lowest BCUT2D eigenvalue weighted by Crippen LogP contribution is -2.35. The predicted molar refractivity (Wildman–Crippen MR) is 215 cm³/mol. The Balaban J connectivity index is 1.40. The van der Waals surface area contributed by atoms with Gasteiger partial charge in [-0.25, -0.2) is 13.0 Å². The summed E-state index contributed by atoms with van der Waals surface area (Å²) in [6, 6.07) is 39.1. The van der Waals surface area contributed by atoms with Crippen molar-refractivity contribution in [2.45, 2.75) is 27.5 Å². The van der Waals surface area contributed by atoms with Crippen LogP contribution in [0.25, 0.3) is 33.4 Å². The maximum atomic E-state index is 12.5. The molecule has 4 N–H and O–H groups in total. The van der Waals surface area contributed by atoms with Crippen LogP contribution in [0.2, 0.25) is 0 Å². The van der Waals surface area contributed by atoms with Crippen molar-refractivity contribution in [3.05, 3.63) is 127 Å². The highest BCUT2D eigenvalue weighted by molar-refractivity contribution is 7.99. The smallest absolute Gasteiger partial charge is 0.203 e. The van der Waals surface area contributed by atoms with Crippen LogP contribution in [0.4, 0.5) is 5.69 Å². The van der Waals surface area contributed by atoms with E-state index in [9.17, 15) is 13.0 Å². The summed E-state index contributed by atoms with van der Waals surface area (Å²) in [5.41, 5.74) is 15.4. The summed E-state index contributed by atoms with van der Waals surface area (Å²) in [6.07, 6.45) is 1.91. The van der Waals surface area contributed by atoms with Crippen LogP contribution in [0.5, 0.6) is 0 Å².